The average Bonchev–Trinajstić information content (AvgIpc) is 2.78. The standard InChI is InChI=1S/C10H18F2N2/c1-7-4-14(5-8(7)13)6-10(2-3-10)9(11)12/h7-9H,2-6,13H2,1H3. The van der Waals surface area contributed by atoms with Crippen molar-refractivity contribution in [2.24, 2.45) is 17.1 Å². The molecule has 1 aliphatic carbocycles. The molecule has 1 saturated heterocycles. The van der Waals surface area contributed by atoms with E-state index in [9.17, 15) is 8.78 Å². The van der Waals surface area contributed by atoms with Crippen molar-refractivity contribution in [1.82, 2.24) is 4.90 Å². The van der Waals surface area contributed by atoms with Crippen molar-refractivity contribution in [1.29, 1.82) is 0 Å². The molecule has 0 amide bonds. The minimum atomic E-state index is -2.16. The molecule has 2 nitrogen and oxygen atoms in total. The number of rotatable bonds is 3. The summed E-state index contributed by atoms with van der Waals surface area (Å²) in [6, 6.07) is 0.170. The van der Waals surface area contributed by atoms with Crippen molar-refractivity contribution in [3.8, 4) is 0 Å². The summed E-state index contributed by atoms with van der Waals surface area (Å²) >= 11 is 0. The van der Waals surface area contributed by atoms with E-state index in [1.54, 1.807) is 0 Å². The lowest BCUT2D eigenvalue weighted by Crippen LogP contribution is -2.34. The maximum atomic E-state index is 12.7. The molecule has 2 N–H and O–H groups in total. The lowest BCUT2D eigenvalue weighted by Gasteiger charge is -2.22. The first-order chi connectivity index (χ1) is 6.53. The molecule has 2 aliphatic rings. The van der Waals surface area contributed by atoms with Crippen LogP contribution in [0, 0.1) is 11.3 Å². The van der Waals surface area contributed by atoms with Crippen LogP contribution in [0.5, 0.6) is 0 Å². The van der Waals surface area contributed by atoms with Crippen molar-refractivity contribution in [3.05, 3.63) is 0 Å². The first-order valence-electron chi connectivity index (χ1n) is 5.29. The quantitative estimate of drug-likeness (QED) is 0.751. The molecule has 0 aromatic carbocycles. The molecule has 1 saturated carbocycles. The number of alkyl halides is 2. The molecule has 1 aliphatic heterocycles. The molecule has 82 valence electrons. The van der Waals surface area contributed by atoms with E-state index in [4.69, 9.17) is 5.73 Å². The van der Waals surface area contributed by atoms with Crippen molar-refractivity contribution in [2.75, 3.05) is 19.6 Å². The fourth-order valence-corrected chi connectivity index (χ4v) is 2.28. The van der Waals surface area contributed by atoms with E-state index < -0.39 is 11.8 Å². The van der Waals surface area contributed by atoms with Gasteiger partial charge in [-0.1, -0.05) is 6.92 Å². The molecule has 0 aromatic heterocycles. The van der Waals surface area contributed by atoms with Crippen LogP contribution in [0.15, 0.2) is 0 Å². The van der Waals surface area contributed by atoms with Gasteiger partial charge in [-0.15, -0.1) is 0 Å². The predicted molar refractivity (Wildman–Crippen MR) is 51.3 cm³/mol. The summed E-state index contributed by atoms with van der Waals surface area (Å²) in [7, 11) is 0. The predicted octanol–water partition coefficient (Wildman–Crippen LogP) is 1.31. The number of nitrogens with zero attached hydrogens (tertiary/aromatic N) is 1. The summed E-state index contributed by atoms with van der Waals surface area (Å²) < 4.78 is 25.3. The molecular formula is C10H18F2N2. The lowest BCUT2D eigenvalue weighted by molar-refractivity contribution is 0.0404. The third kappa shape index (κ3) is 1.77. The molecule has 2 unspecified atom stereocenters. The van der Waals surface area contributed by atoms with Gasteiger partial charge >= 0.3 is 0 Å². The Morgan fingerprint density at radius 3 is 2.43 bits per heavy atom. The Bertz CT molecular complexity index is 206. The summed E-state index contributed by atoms with van der Waals surface area (Å²) in [5.41, 5.74) is 5.18. The first-order valence-corrected chi connectivity index (χ1v) is 5.29. The van der Waals surface area contributed by atoms with Crippen LogP contribution >= 0.6 is 0 Å². The Morgan fingerprint density at radius 1 is 1.43 bits per heavy atom. The van der Waals surface area contributed by atoms with E-state index in [-0.39, 0.29) is 6.04 Å². The minimum absolute atomic E-state index is 0.170. The maximum absolute atomic E-state index is 12.7. The van der Waals surface area contributed by atoms with Crippen molar-refractivity contribution in [3.63, 3.8) is 0 Å². The van der Waals surface area contributed by atoms with Crippen LogP contribution < -0.4 is 5.73 Å². The Morgan fingerprint density at radius 2 is 2.07 bits per heavy atom. The van der Waals surface area contributed by atoms with Crippen LogP contribution in [0.4, 0.5) is 8.78 Å². The Balaban J connectivity index is 1.87. The van der Waals surface area contributed by atoms with Gasteiger partial charge in [0, 0.05) is 31.1 Å². The molecule has 2 fully saturated rings. The summed E-state index contributed by atoms with van der Waals surface area (Å²) in [4.78, 5) is 2.11. The molecule has 2 atom stereocenters. The van der Waals surface area contributed by atoms with Crippen LogP contribution in [-0.4, -0.2) is 37.0 Å². The summed E-state index contributed by atoms with van der Waals surface area (Å²) in [5, 5.41) is 0. The number of likely N-dealkylation sites (tertiary alicyclic amines) is 1. The SMILES string of the molecule is CC1CN(CC2(C(F)F)CC2)CC1N. The monoisotopic (exact) mass is 204 g/mol. The van der Waals surface area contributed by atoms with E-state index in [1.807, 2.05) is 0 Å². The average molecular weight is 204 g/mol. The minimum Gasteiger partial charge on any atom is -0.326 e. The highest BCUT2D eigenvalue weighted by Gasteiger charge is 2.52. The van der Waals surface area contributed by atoms with Gasteiger partial charge in [0.15, 0.2) is 0 Å². The van der Waals surface area contributed by atoms with E-state index in [0.29, 0.717) is 25.3 Å². The fourth-order valence-electron chi connectivity index (χ4n) is 2.28. The zero-order chi connectivity index (χ0) is 10.3. The molecule has 4 heteroatoms. The van der Waals surface area contributed by atoms with Gasteiger partial charge in [0.2, 0.25) is 6.43 Å². The third-order valence-corrected chi connectivity index (χ3v) is 3.64. The molecule has 0 spiro atoms. The highest BCUT2D eigenvalue weighted by molar-refractivity contribution is 4.99. The van der Waals surface area contributed by atoms with E-state index in [1.165, 1.54) is 0 Å². The second-order valence-corrected chi connectivity index (χ2v) is 5.00. The maximum Gasteiger partial charge on any atom is 0.245 e. The zero-order valence-corrected chi connectivity index (χ0v) is 8.55. The van der Waals surface area contributed by atoms with Gasteiger partial charge in [-0.25, -0.2) is 8.78 Å². The number of halogens is 2. The molecule has 0 radical (unpaired) electrons. The van der Waals surface area contributed by atoms with Gasteiger partial charge in [-0.3, -0.25) is 0 Å². The van der Waals surface area contributed by atoms with Gasteiger partial charge in [-0.05, 0) is 18.8 Å². The largest absolute Gasteiger partial charge is 0.326 e. The van der Waals surface area contributed by atoms with Crippen LogP contribution in [-0.2, 0) is 0 Å². The number of hydrogen-bond acceptors (Lipinski definition) is 2. The van der Waals surface area contributed by atoms with Gasteiger partial charge in [-0.2, -0.15) is 0 Å². The summed E-state index contributed by atoms with van der Waals surface area (Å²) in [5.74, 6) is 0.448. The molecule has 14 heavy (non-hydrogen) atoms. The van der Waals surface area contributed by atoms with E-state index in [0.717, 1.165) is 13.1 Å². The third-order valence-electron chi connectivity index (χ3n) is 3.64. The highest BCUT2D eigenvalue weighted by Crippen LogP contribution is 2.51. The molecule has 0 bridgehead atoms. The molecule has 2 rings (SSSR count). The second-order valence-electron chi connectivity index (χ2n) is 5.00. The van der Waals surface area contributed by atoms with Gasteiger partial charge < -0.3 is 10.6 Å². The Labute approximate surface area is 83.4 Å². The van der Waals surface area contributed by atoms with E-state index >= 15 is 0 Å². The summed E-state index contributed by atoms with van der Waals surface area (Å²) in [6.45, 7) is 4.31. The van der Waals surface area contributed by atoms with Crippen molar-refractivity contribution < 1.29 is 8.78 Å². The van der Waals surface area contributed by atoms with Crippen LogP contribution in [0.2, 0.25) is 0 Å². The van der Waals surface area contributed by atoms with Gasteiger partial charge in [0.1, 0.15) is 0 Å². The normalized spacial score (nSPS) is 36.6. The lowest BCUT2D eigenvalue weighted by atomic mass is 10.1. The smallest absolute Gasteiger partial charge is 0.245 e. The zero-order valence-electron chi connectivity index (χ0n) is 8.55. The topological polar surface area (TPSA) is 29.3 Å². The Kier molecular flexibility index (Phi) is 2.52. The summed E-state index contributed by atoms with van der Waals surface area (Å²) in [6.07, 6.45) is -0.787. The highest BCUT2D eigenvalue weighted by atomic mass is 19.3. The van der Waals surface area contributed by atoms with Crippen LogP contribution in [0.1, 0.15) is 19.8 Å². The van der Waals surface area contributed by atoms with Crippen LogP contribution in [0.3, 0.4) is 0 Å². The number of hydrogen-bond donors (Lipinski definition) is 1. The van der Waals surface area contributed by atoms with Gasteiger partial charge in [0.05, 0.1) is 0 Å². The van der Waals surface area contributed by atoms with Gasteiger partial charge in [0.25, 0.3) is 0 Å². The van der Waals surface area contributed by atoms with E-state index in [2.05, 4.69) is 11.8 Å². The van der Waals surface area contributed by atoms with Crippen LogP contribution in [0.25, 0.3) is 0 Å². The fraction of sp³-hybridized carbons (Fsp3) is 1.00. The Hall–Kier alpha value is -0.220. The first kappa shape index (κ1) is 10.3. The molecule has 1 heterocycles. The molecular weight excluding hydrogens is 186 g/mol. The molecule has 0 aromatic rings. The van der Waals surface area contributed by atoms with Crippen molar-refractivity contribution >= 4 is 0 Å². The van der Waals surface area contributed by atoms with Crippen molar-refractivity contribution in [2.45, 2.75) is 32.2 Å². The second kappa shape index (κ2) is 3.42. The number of nitrogens with two attached hydrogens (primary N) is 1.